The van der Waals surface area contributed by atoms with E-state index in [1.54, 1.807) is 5.01 Å². The van der Waals surface area contributed by atoms with Crippen molar-refractivity contribution in [1.29, 1.82) is 0 Å². The van der Waals surface area contributed by atoms with E-state index in [1.165, 1.54) is 18.2 Å². The second kappa shape index (κ2) is 5.64. The quantitative estimate of drug-likeness (QED) is 0.789. The van der Waals surface area contributed by atoms with E-state index in [1.807, 2.05) is 7.05 Å². The molecule has 1 fully saturated rings. The van der Waals surface area contributed by atoms with Gasteiger partial charge in [0.05, 0.1) is 5.69 Å². The largest absolute Gasteiger partial charge is 0.398 e. The molecule has 19 heavy (non-hydrogen) atoms. The lowest BCUT2D eigenvalue weighted by Gasteiger charge is -2.32. The number of hydrogen-bond acceptors (Lipinski definition) is 5. The number of nitrogens with one attached hydrogen (secondary N) is 1. The molecule has 0 spiro atoms. The topological polar surface area (TPSA) is 78.7 Å². The highest BCUT2D eigenvalue weighted by molar-refractivity contribution is 7.89. The molecule has 1 heterocycles. The number of halogens is 1. The van der Waals surface area contributed by atoms with Gasteiger partial charge in [-0.05, 0) is 25.2 Å². The Bertz CT molecular complexity index is 556. The molecule has 1 aliphatic rings. The van der Waals surface area contributed by atoms with Gasteiger partial charge in [0.25, 0.3) is 10.0 Å². The minimum absolute atomic E-state index is 0.0517. The van der Waals surface area contributed by atoms with Gasteiger partial charge < -0.3 is 10.6 Å². The highest BCUT2D eigenvalue weighted by atomic mass is 35.5. The Morgan fingerprint density at radius 2 is 1.89 bits per heavy atom. The summed E-state index contributed by atoms with van der Waals surface area (Å²) >= 11 is 5.76. The molecule has 0 bridgehead atoms. The molecule has 0 aromatic heterocycles. The van der Waals surface area contributed by atoms with Crippen molar-refractivity contribution in [2.45, 2.75) is 4.90 Å². The lowest BCUT2D eigenvalue weighted by Crippen LogP contribution is -2.52. The third-order valence-corrected chi connectivity index (χ3v) is 4.70. The van der Waals surface area contributed by atoms with Gasteiger partial charge >= 0.3 is 0 Å². The van der Waals surface area contributed by atoms with Gasteiger partial charge in [-0.3, -0.25) is 0 Å². The average Bonchev–Trinajstić information content (AvgIpc) is 2.31. The number of sulfonamides is 1. The molecule has 2 rings (SSSR count). The summed E-state index contributed by atoms with van der Waals surface area (Å²) in [5, 5.41) is 2.10. The Morgan fingerprint density at radius 3 is 2.47 bits per heavy atom. The number of nitrogens with zero attached hydrogens (tertiary/aromatic N) is 2. The molecular formula is C11H17ClN4O2S. The summed E-state index contributed by atoms with van der Waals surface area (Å²) < 4.78 is 24.4. The van der Waals surface area contributed by atoms with Crippen LogP contribution < -0.4 is 10.6 Å². The molecule has 3 N–H and O–H groups in total. The average molecular weight is 305 g/mol. The molecule has 0 aliphatic carbocycles. The number of nitrogens with two attached hydrogens (primary N) is 1. The molecule has 8 heteroatoms. The number of rotatable bonds is 3. The first-order valence-electron chi connectivity index (χ1n) is 5.89. The van der Waals surface area contributed by atoms with Crippen LogP contribution in [0.2, 0.25) is 5.02 Å². The molecule has 0 radical (unpaired) electrons. The molecule has 1 aromatic carbocycles. The van der Waals surface area contributed by atoms with Crippen molar-refractivity contribution in [2.24, 2.45) is 0 Å². The smallest absolute Gasteiger partial charge is 0.255 e. The first kappa shape index (κ1) is 14.5. The normalized spacial score (nSPS) is 18.6. The van der Waals surface area contributed by atoms with Gasteiger partial charge in [-0.15, -0.1) is 4.83 Å². The van der Waals surface area contributed by atoms with E-state index in [-0.39, 0.29) is 10.6 Å². The SMILES string of the molecule is CN1CCN(NS(=O)(=O)c2ccc(Cl)cc2N)CC1. The lowest BCUT2D eigenvalue weighted by molar-refractivity contribution is 0.135. The highest BCUT2D eigenvalue weighted by Gasteiger charge is 2.23. The van der Waals surface area contributed by atoms with Gasteiger partial charge in [-0.25, -0.2) is 13.4 Å². The third kappa shape index (κ3) is 3.58. The van der Waals surface area contributed by atoms with Gasteiger partial charge in [0.15, 0.2) is 0 Å². The van der Waals surface area contributed by atoms with Crippen molar-refractivity contribution in [3.8, 4) is 0 Å². The second-order valence-corrected chi connectivity index (χ2v) is 6.63. The number of benzene rings is 1. The van der Waals surface area contributed by atoms with Gasteiger partial charge in [0.2, 0.25) is 0 Å². The first-order chi connectivity index (χ1) is 8.88. The summed E-state index contributed by atoms with van der Waals surface area (Å²) in [6.45, 7) is 2.92. The minimum Gasteiger partial charge on any atom is -0.398 e. The summed E-state index contributed by atoms with van der Waals surface area (Å²) in [7, 11) is -1.65. The molecule has 1 saturated heterocycles. The van der Waals surface area contributed by atoms with Crippen molar-refractivity contribution in [3.05, 3.63) is 23.2 Å². The predicted octanol–water partition coefficient (Wildman–Crippen LogP) is 0.363. The predicted molar refractivity (Wildman–Crippen MR) is 75.3 cm³/mol. The van der Waals surface area contributed by atoms with E-state index in [0.717, 1.165) is 13.1 Å². The molecule has 0 atom stereocenters. The Kier molecular flexibility index (Phi) is 4.32. The van der Waals surface area contributed by atoms with Crippen LogP contribution in [0.4, 0.5) is 5.69 Å². The Labute approximate surface area is 118 Å². The number of nitrogen functional groups attached to an aromatic ring is 1. The lowest BCUT2D eigenvalue weighted by atomic mass is 10.3. The van der Waals surface area contributed by atoms with Crippen LogP contribution in [0, 0.1) is 0 Å². The van der Waals surface area contributed by atoms with Crippen LogP contribution in [0.1, 0.15) is 0 Å². The summed E-state index contributed by atoms with van der Waals surface area (Å²) in [6, 6.07) is 4.35. The van der Waals surface area contributed by atoms with Crippen molar-refractivity contribution in [3.63, 3.8) is 0 Å². The van der Waals surface area contributed by atoms with Crippen LogP contribution in [-0.4, -0.2) is 51.6 Å². The van der Waals surface area contributed by atoms with E-state index >= 15 is 0 Å². The minimum atomic E-state index is -3.65. The Morgan fingerprint density at radius 1 is 1.26 bits per heavy atom. The van der Waals surface area contributed by atoms with Crippen molar-refractivity contribution in [2.75, 3.05) is 39.0 Å². The maximum Gasteiger partial charge on any atom is 0.255 e. The van der Waals surface area contributed by atoms with E-state index in [2.05, 4.69) is 9.73 Å². The maximum absolute atomic E-state index is 12.2. The van der Waals surface area contributed by atoms with Gasteiger partial charge in [-0.1, -0.05) is 11.6 Å². The summed E-state index contributed by atoms with van der Waals surface area (Å²) in [4.78, 5) is 4.74. The fourth-order valence-electron chi connectivity index (χ4n) is 1.88. The zero-order valence-electron chi connectivity index (χ0n) is 10.6. The Hall–Kier alpha value is -0.860. The standard InChI is InChI=1S/C11H17ClN4O2S/c1-15-4-6-16(7-5-15)14-19(17,18)11-3-2-9(12)8-10(11)13/h2-3,8,14H,4-7,13H2,1H3. The van der Waals surface area contributed by atoms with Crippen LogP contribution in [0.25, 0.3) is 0 Å². The molecular weight excluding hydrogens is 288 g/mol. The van der Waals surface area contributed by atoms with Crippen LogP contribution in [-0.2, 0) is 10.0 Å². The van der Waals surface area contributed by atoms with E-state index in [9.17, 15) is 8.42 Å². The number of likely N-dealkylation sites (N-methyl/N-ethyl adjacent to an activating group) is 1. The van der Waals surface area contributed by atoms with E-state index in [4.69, 9.17) is 17.3 Å². The van der Waals surface area contributed by atoms with Crippen LogP contribution in [0.5, 0.6) is 0 Å². The number of hydrazine groups is 1. The fourth-order valence-corrected chi connectivity index (χ4v) is 3.30. The first-order valence-corrected chi connectivity index (χ1v) is 7.75. The van der Waals surface area contributed by atoms with Crippen molar-refractivity contribution >= 4 is 27.3 Å². The van der Waals surface area contributed by atoms with Crippen molar-refractivity contribution < 1.29 is 8.42 Å². The Balaban J connectivity index is 2.14. The third-order valence-electron chi connectivity index (χ3n) is 3.01. The van der Waals surface area contributed by atoms with Crippen LogP contribution in [0.15, 0.2) is 23.1 Å². The fraction of sp³-hybridized carbons (Fsp3) is 0.455. The number of anilines is 1. The van der Waals surface area contributed by atoms with Gasteiger partial charge in [-0.2, -0.15) is 0 Å². The van der Waals surface area contributed by atoms with Crippen molar-refractivity contribution in [1.82, 2.24) is 14.7 Å². The molecule has 1 aliphatic heterocycles. The molecule has 0 amide bonds. The molecule has 6 nitrogen and oxygen atoms in total. The summed E-state index contributed by atoms with van der Waals surface area (Å²) in [6.07, 6.45) is 0. The zero-order chi connectivity index (χ0) is 14.0. The monoisotopic (exact) mass is 304 g/mol. The van der Waals surface area contributed by atoms with Crippen LogP contribution >= 0.6 is 11.6 Å². The van der Waals surface area contributed by atoms with Gasteiger partial charge in [0.1, 0.15) is 4.90 Å². The number of hydrogen-bond donors (Lipinski definition) is 2. The summed E-state index contributed by atoms with van der Waals surface area (Å²) in [5.41, 5.74) is 5.85. The molecule has 0 unspecified atom stereocenters. The molecule has 0 saturated carbocycles. The van der Waals surface area contributed by atoms with Crippen LogP contribution in [0.3, 0.4) is 0 Å². The van der Waals surface area contributed by atoms with E-state index < -0.39 is 10.0 Å². The summed E-state index contributed by atoms with van der Waals surface area (Å²) in [5.74, 6) is 0. The maximum atomic E-state index is 12.2. The highest BCUT2D eigenvalue weighted by Crippen LogP contribution is 2.22. The second-order valence-electron chi connectivity index (χ2n) is 4.57. The molecule has 106 valence electrons. The van der Waals surface area contributed by atoms with E-state index in [0.29, 0.717) is 18.1 Å². The van der Waals surface area contributed by atoms with Gasteiger partial charge in [0, 0.05) is 31.2 Å². The number of piperazine rings is 1. The molecule has 1 aromatic rings. The zero-order valence-corrected chi connectivity index (χ0v) is 12.2.